The molecule has 0 bridgehead atoms. The summed E-state index contributed by atoms with van der Waals surface area (Å²) in [7, 11) is 0. The van der Waals surface area contributed by atoms with Gasteiger partial charge in [0.05, 0.1) is 18.8 Å². The summed E-state index contributed by atoms with van der Waals surface area (Å²) >= 11 is 1.30. The van der Waals surface area contributed by atoms with Gasteiger partial charge in [0.2, 0.25) is 0 Å². The van der Waals surface area contributed by atoms with E-state index in [1.54, 1.807) is 12.3 Å². The molecule has 21 heavy (non-hydrogen) atoms. The van der Waals surface area contributed by atoms with Gasteiger partial charge in [0.1, 0.15) is 0 Å². The van der Waals surface area contributed by atoms with E-state index < -0.39 is 25.0 Å². The average molecular weight is 311 g/mol. The first-order valence-electron chi connectivity index (χ1n) is 5.99. The molecular weight excluding hydrogens is 298 g/mol. The van der Waals surface area contributed by atoms with E-state index in [4.69, 9.17) is 10.2 Å². The van der Waals surface area contributed by atoms with Crippen molar-refractivity contribution in [1.29, 1.82) is 0 Å². The van der Waals surface area contributed by atoms with E-state index in [1.807, 2.05) is 0 Å². The molecule has 0 aliphatic heterocycles. The number of hydrogen-bond donors (Lipinski definition) is 2. The number of carboxylic acids is 2. The first-order valence-corrected chi connectivity index (χ1v) is 6.87. The van der Waals surface area contributed by atoms with E-state index in [0.717, 1.165) is 5.69 Å². The number of aryl methyl sites for hydroxylation is 1. The minimum absolute atomic E-state index is 0.0126. The molecule has 9 heteroatoms. The molecule has 0 spiro atoms. The van der Waals surface area contributed by atoms with Crippen molar-refractivity contribution < 1.29 is 19.8 Å². The summed E-state index contributed by atoms with van der Waals surface area (Å²) in [6, 6.07) is 1.30. The molecule has 2 aromatic rings. The lowest BCUT2D eigenvalue weighted by Crippen LogP contribution is -2.34. The molecule has 0 aromatic carbocycles. The summed E-state index contributed by atoms with van der Waals surface area (Å²) in [6.07, 6.45) is 0. The van der Waals surface area contributed by atoms with Gasteiger partial charge in [0.15, 0.2) is 4.96 Å². The maximum Gasteiger partial charge on any atom is 0.317 e. The van der Waals surface area contributed by atoms with Crippen LogP contribution in [0.5, 0.6) is 0 Å². The van der Waals surface area contributed by atoms with E-state index >= 15 is 0 Å². The molecule has 0 unspecified atom stereocenters. The molecule has 0 aliphatic carbocycles. The standard InChI is InChI=1S/C12H13N3O5S/c1-7-6-21-12-13-8(2-9(16)15(7)12)3-14(4-10(17)18)5-11(19)20/h2,6H,3-5H2,1H3,(H,17,18)(H,19,20). The van der Waals surface area contributed by atoms with Gasteiger partial charge in [-0.25, -0.2) is 4.98 Å². The van der Waals surface area contributed by atoms with Crippen molar-refractivity contribution in [3.8, 4) is 0 Å². The van der Waals surface area contributed by atoms with E-state index in [2.05, 4.69) is 4.98 Å². The van der Waals surface area contributed by atoms with Crippen molar-refractivity contribution >= 4 is 28.2 Å². The minimum Gasteiger partial charge on any atom is -0.480 e. The molecule has 0 radical (unpaired) electrons. The molecule has 112 valence electrons. The third kappa shape index (κ3) is 3.64. The highest BCUT2D eigenvalue weighted by Crippen LogP contribution is 2.12. The van der Waals surface area contributed by atoms with Gasteiger partial charge < -0.3 is 10.2 Å². The Labute approximate surface area is 122 Å². The molecule has 0 saturated carbocycles. The number of nitrogens with zero attached hydrogens (tertiary/aromatic N) is 3. The van der Waals surface area contributed by atoms with E-state index in [0.29, 0.717) is 10.7 Å². The first-order chi connectivity index (χ1) is 9.86. The van der Waals surface area contributed by atoms with Crippen molar-refractivity contribution in [2.75, 3.05) is 13.1 Å². The van der Waals surface area contributed by atoms with E-state index in [9.17, 15) is 14.4 Å². The monoisotopic (exact) mass is 311 g/mol. The van der Waals surface area contributed by atoms with Crippen molar-refractivity contribution in [3.05, 3.63) is 33.2 Å². The number of aliphatic carboxylic acids is 2. The maximum absolute atomic E-state index is 12.0. The molecule has 2 rings (SSSR count). The average Bonchev–Trinajstić information content (AvgIpc) is 2.69. The normalized spacial score (nSPS) is 11.1. The fourth-order valence-corrected chi connectivity index (χ4v) is 2.85. The highest BCUT2D eigenvalue weighted by Gasteiger charge is 2.16. The number of rotatable bonds is 6. The molecule has 0 saturated heterocycles. The third-order valence-electron chi connectivity index (χ3n) is 2.73. The molecule has 8 nitrogen and oxygen atoms in total. The summed E-state index contributed by atoms with van der Waals surface area (Å²) in [4.78, 5) is 39.4. The van der Waals surface area contributed by atoms with Gasteiger partial charge in [-0.2, -0.15) is 0 Å². The Hall–Kier alpha value is -2.26. The minimum atomic E-state index is -1.14. The van der Waals surface area contributed by atoms with Crippen molar-refractivity contribution in [2.45, 2.75) is 13.5 Å². The number of carbonyl (C=O) groups is 2. The zero-order chi connectivity index (χ0) is 15.6. The van der Waals surface area contributed by atoms with Crippen molar-refractivity contribution in [3.63, 3.8) is 0 Å². The zero-order valence-corrected chi connectivity index (χ0v) is 12.0. The second-order valence-electron chi connectivity index (χ2n) is 4.51. The summed E-state index contributed by atoms with van der Waals surface area (Å²) in [5.41, 5.74) is 0.857. The zero-order valence-electron chi connectivity index (χ0n) is 11.1. The SMILES string of the molecule is Cc1csc2nc(CN(CC(=O)O)CC(=O)O)cc(=O)n12. The van der Waals surface area contributed by atoms with Crippen LogP contribution >= 0.6 is 11.3 Å². The molecule has 2 aromatic heterocycles. The van der Waals surface area contributed by atoms with Gasteiger partial charge in [-0.1, -0.05) is 0 Å². The molecule has 0 fully saturated rings. The van der Waals surface area contributed by atoms with Gasteiger partial charge in [0.25, 0.3) is 5.56 Å². The number of carboxylic acid groups (broad SMARTS) is 2. The van der Waals surface area contributed by atoms with Crippen LogP contribution in [-0.4, -0.2) is 49.5 Å². The van der Waals surface area contributed by atoms with Gasteiger partial charge in [0, 0.05) is 23.7 Å². The number of hydrogen-bond acceptors (Lipinski definition) is 6. The molecule has 0 aliphatic rings. The van der Waals surface area contributed by atoms with Gasteiger partial charge in [-0.3, -0.25) is 23.7 Å². The van der Waals surface area contributed by atoms with Crippen LogP contribution in [0.2, 0.25) is 0 Å². The van der Waals surface area contributed by atoms with Crippen LogP contribution in [0.4, 0.5) is 0 Å². The Morgan fingerprint density at radius 3 is 2.52 bits per heavy atom. The molecule has 2 heterocycles. The second kappa shape index (κ2) is 6.02. The lowest BCUT2D eigenvalue weighted by atomic mass is 10.3. The summed E-state index contributed by atoms with van der Waals surface area (Å²) < 4.78 is 1.45. The van der Waals surface area contributed by atoms with Gasteiger partial charge in [-0.05, 0) is 6.92 Å². The fraction of sp³-hybridized carbons (Fsp3) is 0.333. The van der Waals surface area contributed by atoms with Gasteiger partial charge >= 0.3 is 11.9 Å². The largest absolute Gasteiger partial charge is 0.480 e. The predicted octanol–water partition coefficient (Wildman–Crippen LogP) is 0.0356. The lowest BCUT2D eigenvalue weighted by molar-refractivity contribution is -0.142. The van der Waals surface area contributed by atoms with Crippen LogP contribution in [0, 0.1) is 6.92 Å². The summed E-state index contributed by atoms with van der Waals surface area (Å²) in [6.45, 7) is 0.905. The summed E-state index contributed by atoms with van der Waals surface area (Å²) in [5, 5.41) is 19.4. The Morgan fingerprint density at radius 1 is 1.33 bits per heavy atom. The molecular formula is C12H13N3O5S. The number of aromatic nitrogens is 2. The Bertz CT molecular complexity index is 735. The molecule has 0 atom stereocenters. The smallest absolute Gasteiger partial charge is 0.317 e. The molecule has 0 amide bonds. The van der Waals surface area contributed by atoms with Crippen LogP contribution < -0.4 is 5.56 Å². The van der Waals surface area contributed by atoms with Crippen LogP contribution in [0.15, 0.2) is 16.2 Å². The van der Waals surface area contributed by atoms with Gasteiger partial charge in [-0.15, -0.1) is 11.3 Å². The maximum atomic E-state index is 12.0. The van der Waals surface area contributed by atoms with E-state index in [-0.39, 0.29) is 12.1 Å². The molecule has 2 N–H and O–H groups in total. The summed E-state index contributed by atoms with van der Waals surface area (Å²) in [5.74, 6) is -2.28. The van der Waals surface area contributed by atoms with Crippen LogP contribution in [-0.2, 0) is 16.1 Å². The van der Waals surface area contributed by atoms with Crippen molar-refractivity contribution in [1.82, 2.24) is 14.3 Å². The fourth-order valence-electron chi connectivity index (χ4n) is 1.96. The Balaban J connectivity index is 2.29. The number of thiazole rings is 1. The lowest BCUT2D eigenvalue weighted by Gasteiger charge is -2.17. The van der Waals surface area contributed by atoms with Crippen LogP contribution in [0.25, 0.3) is 4.96 Å². The third-order valence-corrected chi connectivity index (χ3v) is 3.68. The highest BCUT2D eigenvalue weighted by molar-refractivity contribution is 7.15. The number of fused-ring (bicyclic) bond motifs is 1. The predicted molar refractivity (Wildman–Crippen MR) is 74.6 cm³/mol. The first kappa shape index (κ1) is 15.1. The van der Waals surface area contributed by atoms with Crippen LogP contribution in [0.3, 0.4) is 0 Å². The Kier molecular flexibility index (Phi) is 4.34. The highest BCUT2D eigenvalue weighted by atomic mass is 32.1. The van der Waals surface area contributed by atoms with E-state index in [1.165, 1.54) is 26.7 Å². The quantitative estimate of drug-likeness (QED) is 0.774. The second-order valence-corrected chi connectivity index (χ2v) is 5.35. The van der Waals surface area contributed by atoms with Crippen LogP contribution in [0.1, 0.15) is 11.4 Å². The van der Waals surface area contributed by atoms with Crippen molar-refractivity contribution in [2.24, 2.45) is 0 Å². The topological polar surface area (TPSA) is 112 Å². The Morgan fingerprint density at radius 2 is 1.95 bits per heavy atom.